The second-order valence-corrected chi connectivity index (χ2v) is 14.6. The fourth-order valence-corrected chi connectivity index (χ4v) is 7.22. The Balaban J connectivity index is 0.970. The minimum Gasteiger partial charge on any atom is -0.310 e. The molecule has 0 amide bonds. The van der Waals surface area contributed by atoms with Crippen LogP contribution in [0.4, 0.5) is 17.1 Å². The molecular weight excluding hydrogens is 651 g/mol. The fraction of sp³-hybridized carbons (Fsp3) is 0.132. The largest absolute Gasteiger partial charge is 0.310 e. The molecule has 0 radical (unpaired) electrons. The summed E-state index contributed by atoms with van der Waals surface area (Å²) in [5.41, 5.74) is 17.5. The molecule has 1 heteroatoms. The van der Waals surface area contributed by atoms with Crippen molar-refractivity contribution < 1.29 is 0 Å². The van der Waals surface area contributed by atoms with E-state index in [2.05, 4.69) is 227 Å². The molecule has 0 atom stereocenters. The maximum atomic E-state index is 2.34. The number of aryl methyl sites for hydroxylation is 5. The summed E-state index contributed by atoms with van der Waals surface area (Å²) < 4.78 is 0. The van der Waals surface area contributed by atoms with Crippen molar-refractivity contribution in [2.75, 3.05) is 4.90 Å². The Morgan fingerprint density at radius 1 is 0.389 bits per heavy atom. The van der Waals surface area contributed by atoms with Crippen LogP contribution in [0.25, 0.3) is 24.3 Å². The van der Waals surface area contributed by atoms with Crippen molar-refractivity contribution in [1.82, 2.24) is 0 Å². The summed E-state index contributed by atoms with van der Waals surface area (Å²) in [5.74, 6) is 0.382. The van der Waals surface area contributed by atoms with Crippen LogP contribution >= 0.6 is 0 Å². The average molecular weight is 700 g/mol. The zero-order valence-electron chi connectivity index (χ0n) is 31.9. The van der Waals surface area contributed by atoms with E-state index in [4.69, 9.17) is 0 Å². The number of anilines is 3. The Morgan fingerprint density at radius 2 is 0.759 bits per heavy atom. The smallest absolute Gasteiger partial charge is 0.0464 e. The number of hydrogen-bond acceptors (Lipinski definition) is 1. The first kappa shape index (κ1) is 36.2. The van der Waals surface area contributed by atoms with Crippen LogP contribution in [0.2, 0.25) is 0 Å². The van der Waals surface area contributed by atoms with Crippen molar-refractivity contribution in [3.8, 4) is 0 Å². The quantitative estimate of drug-likeness (QED) is 0.115. The molecule has 0 aromatic heterocycles. The minimum atomic E-state index is 0.382. The summed E-state index contributed by atoms with van der Waals surface area (Å²) in [4.78, 5) is 2.32. The van der Waals surface area contributed by atoms with Crippen molar-refractivity contribution in [3.63, 3.8) is 0 Å². The lowest BCUT2D eigenvalue weighted by Crippen LogP contribution is -2.10. The fourth-order valence-electron chi connectivity index (χ4n) is 7.22. The summed E-state index contributed by atoms with van der Waals surface area (Å²) in [7, 11) is 0. The molecule has 0 saturated heterocycles. The number of nitrogens with zero attached hydrogens (tertiary/aromatic N) is 1. The highest BCUT2D eigenvalue weighted by molar-refractivity contribution is 5.79. The van der Waals surface area contributed by atoms with Gasteiger partial charge in [0, 0.05) is 23.0 Å². The molecule has 0 aliphatic heterocycles. The van der Waals surface area contributed by atoms with Crippen molar-refractivity contribution in [3.05, 3.63) is 231 Å². The van der Waals surface area contributed by atoms with Gasteiger partial charge in [-0.1, -0.05) is 169 Å². The van der Waals surface area contributed by atoms with Gasteiger partial charge in [-0.2, -0.15) is 0 Å². The summed E-state index contributed by atoms with van der Waals surface area (Å²) in [6.07, 6.45) is 10.9. The third kappa shape index (κ3) is 9.43. The highest BCUT2D eigenvalue weighted by Crippen LogP contribution is 2.36. The molecular formula is C53H49N. The minimum absolute atomic E-state index is 0.382. The third-order valence-electron chi connectivity index (χ3n) is 10.1. The first-order chi connectivity index (χ1) is 26.4. The first-order valence-corrected chi connectivity index (χ1v) is 19.1. The van der Waals surface area contributed by atoms with E-state index in [0.717, 1.165) is 29.9 Å². The normalized spacial score (nSPS) is 11.5. The Labute approximate surface area is 322 Å². The van der Waals surface area contributed by atoms with Crippen LogP contribution < -0.4 is 4.90 Å². The van der Waals surface area contributed by atoms with Crippen molar-refractivity contribution in [1.29, 1.82) is 0 Å². The molecule has 7 aromatic rings. The third-order valence-corrected chi connectivity index (χ3v) is 10.1. The maximum absolute atomic E-state index is 2.34. The van der Waals surface area contributed by atoms with Gasteiger partial charge in [0.15, 0.2) is 0 Å². The van der Waals surface area contributed by atoms with Gasteiger partial charge in [-0.15, -0.1) is 0 Å². The first-order valence-electron chi connectivity index (χ1n) is 19.1. The van der Waals surface area contributed by atoms with Gasteiger partial charge in [0.1, 0.15) is 0 Å². The number of hydrogen-bond donors (Lipinski definition) is 0. The second-order valence-electron chi connectivity index (χ2n) is 14.6. The molecule has 0 fully saturated rings. The lowest BCUT2D eigenvalue weighted by molar-refractivity contribution is 0.714. The van der Waals surface area contributed by atoms with Crippen LogP contribution in [-0.2, 0) is 6.42 Å². The van der Waals surface area contributed by atoms with Gasteiger partial charge in [-0.25, -0.2) is 0 Å². The monoisotopic (exact) mass is 699 g/mol. The van der Waals surface area contributed by atoms with E-state index in [1.807, 2.05) is 0 Å². The van der Waals surface area contributed by atoms with E-state index in [1.165, 1.54) is 61.2 Å². The molecule has 0 aliphatic carbocycles. The molecule has 0 unspecified atom stereocenters. The molecule has 0 bridgehead atoms. The van der Waals surface area contributed by atoms with E-state index in [1.54, 1.807) is 0 Å². The van der Waals surface area contributed by atoms with Gasteiger partial charge in [-0.3, -0.25) is 0 Å². The predicted octanol–water partition coefficient (Wildman–Crippen LogP) is 14.5. The molecule has 7 aromatic carbocycles. The SMILES string of the molecule is Cc1cccc(C(CCc2ccc(C=Cc3ccc(C=Cc4ccc(N(c5cccc(C)c5)c5cccc(C)c5)cc4)cc3)cc2)c2cccc(C)c2)c1. The van der Waals surface area contributed by atoms with E-state index in [0.29, 0.717) is 5.92 Å². The van der Waals surface area contributed by atoms with Gasteiger partial charge in [0.25, 0.3) is 0 Å². The highest BCUT2D eigenvalue weighted by Gasteiger charge is 2.15. The molecule has 54 heavy (non-hydrogen) atoms. The molecule has 266 valence electrons. The summed E-state index contributed by atoms with van der Waals surface area (Å²) in [6.45, 7) is 8.65. The Hall–Kier alpha value is -6.18. The summed E-state index contributed by atoms with van der Waals surface area (Å²) in [6, 6.07) is 61.9. The van der Waals surface area contributed by atoms with E-state index < -0.39 is 0 Å². The van der Waals surface area contributed by atoms with Crippen LogP contribution in [0, 0.1) is 27.7 Å². The van der Waals surface area contributed by atoms with Crippen LogP contribution in [0.3, 0.4) is 0 Å². The van der Waals surface area contributed by atoms with E-state index in [-0.39, 0.29) is 0 Å². The summed E-state index contributed by atoms with van der Waals surface area (Å²) >= 11 is 0. The standard InChI is InChI=1S/C53H49N/c1-39-9-5-13-48(35-39)53(49-14-6-10-40(2)36-49)34-31-46-26-23-45(24-27-46)22-19-43-17-20-44(21-18-43)25-28-47-29-32-50(33-30-47)54(51-15-7-11-41(3)37-51)52-16-8-12-42(4)38-52/h5-30,32-33,35-38,53H,31,34H2,1-4H3. The topological polar surface area (TPSA) is 3.24 Å². The maximum Gasteiger partial charge on any atom is 0.0464 e. The number of benzene rings is 7. The summed E-state index contributed by atoms with van der Waals surface area (Å²) in [5, 5.41) is 0. The Bertz CT molecular complexity index is 2270. The van der Waals surface area contributed by atoms with E-state index >= 15 is 0 Å². The average Bonchev–Trinajstić information content (AvgIpc) is 3.18. The molecule has 0 saturated carbocycles. The van der Waals surface area contributed by atoms with E-state index in [9.17, 15) is 0 Å². The highest BCUT2D eigenvalue weighted by atomic mass is 15.1. The number of rotatable bonds is 12. The van der Waals surface area contributed by atoms with Crippen LogP contribution in [0.1, 0.15) is 73.5 Å². The van der Waals surface area contributed by atoms with Crippen molar-refractivity contribution in [2.24, 2.45) is 0 Å². The zero-order valence-corrected chi connectivity index (χ0v) is 31.9. The lowest BCUT2D eigenvalue weighted by atomic mass is 9.85. The molecule has 7 rings (SSSR count). The van der Waals surface area contributed by atoms with Crippen molar-refractivity contribution >= 4 is 41.4 Å². The Morgan fingerprint density at radius 3 is 1.17 bits per heavy atom. The van der Waals surface area contributed by atoms with Gasteiger partial charge in [0.2, 0.25) is 0 Å². The van der Waals surface area contributed by atoms with Gasteiger partial charge >= 0.3 is 0 Å². The Kier molecular flexibility index (Phi) is 11.5. The molecule has 1 nitrogen and oxygen atoms in total. The lowest BCUT2D eigenvalue weighted by Gasteiger charge is -2.26. The van der Waals surface area contributed by atoms with Crippen LogP contribution in [0.5, 0.6) is 0 Å². The van der Waals surface area contributed by atoms with Crippen LogP contribution in [-0.4, -0.2) is 0 Å². The van der Waals surface area contributed by atoms with Gasteiger partial charge in [-0.05, 0) is 127 Å². The predicted molar refractivity (Wildman–Crippen MR) is 234 cm³/mol. The molecule has 0 spiro atoms. The van der Waals surface area contributed by atoms with Gasteiger partial charge < -0.3 is 4.90 Å². The van der Waals surface area contributed by atoms with Crippen LogP contribution in [0.15, 0.2) is 170 Å². The molecule has 0 aliphatic rings. The molecule has 0 N–H and O–H groups in total. The van der Waals surface area contributed by atoms with Crippen molar-refractivity contribution in [2.45, 2.75) is 46.5 Å². The zero-order chi connectivity index (χ0) is 37.3. The second kappa shape index (κ2) is 17.1. The van der Waals surface area contributed by atoms with Gasteiger partial charge in [0.05, 0.1) is 0 Å². The molecule has 0 heterocycles.